The molecule has 0 atom stereocenters. The molecule has 8 heteroatoms. The van der Waals surface area contributed by atoms with Gasteiger partial charge >= 0.3 is 0 Å². The summed E-state index contributed by atoms with van der Waals surface area (Å²) in [5.74, 6) is 2.05. The third-order valence-corrected chi connectivity index (χ3v) is 4.93. The first-order valence-corrected chi connectivity index (χ1v) is 9.53. The van der Waals surface area contributed by atoms with Crippen LogP contribution in [0.25, 0.3) is 16.7 Å². The van der Waals surface area contributed by atoms with Crippen molar-refractivity contribution < 1.29 is 4.42 Å². The SMILES string of the molecule is CCc1nnc(CSc2nc3ccccc3c(=O)n2-c2ccc(C)cn2)o1. The van der Waals surface area contributed by atoms with Gasteiger partial charge in [0.05, 0.1) is 16.7 Å². The van der Waals surface area contributed by atoms with Gasteiger partial charge in [0.15, 0.2) is 5.16 Å². The molecule has 0 saturated heterocycles. The van der Waals surface area contributed by atoms with Crippen molar-refractivity contribution in [3.63, 3.8) is 0 Å². The van der Waals surface area contributed by atoms with Crippen molar-refractivity contribution >= 4 is 22.7 Å². The Bertz CT molecular complexity index is 1150. The Balaban J connectivity index is 1.80. The molecule has 4 rings (SSSR count). The first-order valence-electron chi connectivity index (χ1n) is 8.54. The van der Waals surface area contributed by atoms with Crippen molar-refractivity contribution in [1.29, 1.82) is 0 Å². The van der Waals surface area contributed by atoms with Crippen LogP contribution in [-0.2, 0) is 12.2 Å². The van der Waals surface area contributed by atoms with E-state index in [9.17, 15) is 4.79 Å². The van der Waals surface area contributed by atoms with E-state index < -0.39 is 0 Å². The Kier molecular flexibility index (Phi) is 4.72. The molecule has 0 fully saturated rings. The van der Waals surface area contributed by atoms with Crippen molar-refractivity contribution in [1.82, 2.24) is 24.7 Å². The molecule has 0 aliphatic carbocycles. The van der Waals surface area contributed by atoms with E-state index >= 15 is 0 Å². The largest absolute Gasteiger partial charge is 0.424 e. The van der Waals surface area contributed by atoms with Gasteiger partial charge < -0.3 is 4.42 Å². The fourth-order valence-electron chi connectivity index (χ4n) is 2.62. The summed E-state index contributed by atoms with van der Waals surface area (Å²) in [5.41, 5.74) is 1.51. The number of aryl methyl sites for hydroxylation is 2. The number of hydrogen-bond acceptors (Lipinski definition) is 7. The van der Waals surface area contributed by atoms with Crippen molar-refractivity contribution in [2.24, 2.45) is 0 Å². The number of nitrogens with zero attached hydrogens (tertiary/aromatic N) is 5. The van der Waals surface area contributed by atoms with E-state index in [0.717, 1.165) is 5.56 Å². The molecule has 0 aliphatic rings. The van der Waals surface area contributed by atoms with Gasteiger partial charge in [-0.15, -0.1) is 10.2 Å². The molecular formula is C19H17N5O2S. The summed E-state index contributed by atoms with van der Waals surface area (Å²) in [6, 6.07) is 11.0. The molecule has 0 amide bonds. The lowest BCUT2D eigenvalue weighted by Crippen LogP contribution is -2.22. The zero-order valence-electron chi connectivity index (χ0n) is 14.9. The number of aromatic nitrogens is 5. The lowest BCUT2D eigenvalue weighted by atomic mass is 10.2. The molecular weight excluding hydrogens is 362 g/mol. The minimum atomic E-state index is -0.153. The van der Waals surface area contributed by atoms with Crippen molar-refractivity contribution in [2.75, 3.05) is 0 Å². The minimum absolute atomic E-state index is 0.153. The summed E-state index contributed by atoms with van der Waals surface area (Å²) in [4.78, 5) is 22.2. The quantitative estimate of drug-likeness (QED) is 0.388. The molecule has 136 valence electrons. The topological polar surface area (TPSA) is 86.7 Å². The predicted octanol–water partition coefficient (Wildman–Crippen LogP) is 3.33. The Hall–Kier alpha value is -3.00. The van der Waals surface area contributed by atoms with Gasteiger partial charge in [-0.2, -0.15) is 0 Å². The van der Waals surface area contributed by atoms with E-state index in [-0.39, 0.29) is 5.56 Å². The van der Waals surface area contributed by atoms with Crippen LogP contribution in [0.5, 0.6) is 0 Å². The third-order valence-electron chi connectivity index (χ3n) is 4.01. The number of benzene rings is 1. The smallest absolute Gasteiger partial charge is 0.267 e. The minimum Gasteiger partial charge on any atom is -0.424 e. The van der Waals surface area contributed by atoms with Crippen LogP contribution in [0.15, 0.2) is 57.0 Å². The van der Waals surface area contributed by atoms with Crippen molar-refractivity contribution in [3.8, 4) is 5.82 Å². The highest BCUT2D eigenvalue weighted by Crippen LogP contribution is 2.23. The highest BCUT2D eigenvalue weighted by Gasteiger charge is 2.15. The average molecular weight is 379 g/mol. The summed E-state index contributed by atoms with van der Waals surface area (Å²) in [5, 5.41) is 9.09. The molecule has 0 unspecified atom stereocenters. The van der Waals surface area contributed by atoms with Gasteiger partial charge in [-0.3, -0.25) is 4.79 Å². The molecule has 0 spiro atoms. The summed E-state index contributed by atoms with van der Waals surface area (Å²) in [6.45, 7) is 3.91. The average Bonchev–Trinajstić information content (AvgIpc) is 3.16. The van der Waals surface area contributed by atoms with E-state index in [1.165, 1.54) is 16.3 Å². The molecule has 0 aliphatic heterocycles. The zero-order chi connectivity index (χ0) is 18.8. The Morgan fingerprint density at radius 3 is 2.67 bits per heavy atom. The van der Waals surface area contributed by atoms with E-state index in [4.69, 9.17) is 4.42 Å². The fraction of sp³-hybridized carbons (Fsp3) is 0.211. The maximum absolute atomic E-state index is 13.1. The number of rotatable bonds is 5. The van der Waals surface area contributed by atoms with Gasteiger partial charge in [-0.1, -0.05) is 36.9 Å². The second kappa shape index (κ2) is 7.32. The van der Waals surface area contributed by atoms with Crippen molar-refractivity contribution in [3.05, 3.63) is 70.3 Å². The first-order chi connectivity index (χ1) is 13.2. The summed E-state index contributed by atoms with van der Waals surface area (Å²) < 4.78 is 7.09. The fourth-order valence-corrected chi connectivity index (χ4v) is 3.46. The van der Waals surface area contributed by atoms with Crippen molar-refractivity contribution in [2.45, 2.75) is 31.2 Å². The molecule has 0 radical (unpaired) electrons. The second-order valence-electron chi connectivity index (χ2n) is 5.98. The van der Waals surface area contributed by atoms with Gasteiger partial charge in [-0.05, 0) is 30.7 Å². The standard InChI is InChI=1S/C19H17N5O2S/c1-3-16-22-23-17(26-16)11-27-19-21-14-7-5-4-6-13(14)18(25)24(19)15-9-8-12(2)10-20-15/h4-10H,3,11H2,1-2H3. The summed E-state index contributed by atoms with van der Waals surface area (Å²) >= 11 is 1.37. The molecule has 0 N–H and O–H groups in total. The van der Waals surface area contributed by atoms with E-state index in [1.807, 2.05) is 44.2 Å². The molecule has 1 aromatic carbocycles. The Labute approximate surface area is 159 Å². The summed E-state index contributed by atoms with van der Waals surface area (Å²) in [6.07, 6.45) is 2.42. The molecule has 0 bridgehead atoms. The number of pyridine rings is 1. The monoisotopic (exact) mass is 379 g/mol. The zero-order valence-corrected chi connectivity index (χ0v) is 15.7. The van der Waals surface area contributed by atoms with Crippen LogP contribution in [0.1, 0.15) is 24.3 Å². The molecule has 4 aromatic rings. The maximum Gasteiger partial charge on any atom is 0.267 e. The number of hydrogen-bond donors (Lipinski definition) is 0. The van der Waals surface area contributed by atoms with Crippen LogP contribution in [-0.4, -0.2) is 24.7 Å². The lowest BCUT2D eigenvalue weighted by Gasteiger charge is -2.12. The number of para-hydroxylation sites is 1. The van der Waals surface area contributed by atoms with Gasteiger partial charge in [-0.25, -0.2) is 14.5 Å². The predicted molar refractivity (Wildman–Crippen MR) is 103 cm³/mol. The Morgan fingerprint density at radius 1 is 1.11 bits per heavy atom. The molecule has 0 saturated carbocycles. The first kappa shape index (κ1) is 17.4. The van der Waals surface area contributed by atoms with Crippen LogP contribution >= 0.6 is 11.8 Å². The molecule has 3 heterocycles. The normalized spacial score (nSPS) is 11.2. The third kappa shape index (κ3) is 3.48. The lowest BCUT2D eigenvalue weighted by molar-refractivity contribution is 0.469. The van der Waals surface area contributed by atoms with Gasteiger partial charge in [0.25, 0.3) is 5.56 Å². The van der Waals surface area contributed by atoms with Gasteiger partial charge in [0, 0.05) is 12.6 Å². The van der Waals surface area contributed by atoms with Crippen LogP contribution in [0.2, 0.25) is 0 Å². The van der Waals surface area contributed by atoms with Gasteiger partial charge in [0.2, 0.25) is 11.8 Å². The molecule has 7 nitrogen and oxygen atoms in total. The second-order valence-corrected chi connectivity index (χ2v) is 6.92. The maximum atomic E-state index is 13.1. The van der Waals surface area contributed by atoms with E-state index in [2.05, 4.69) is 20.2 Å². The van der Waals surface area contributed by atoms with Crippen LogP contribution in [0.3, 0.4) is 0 Å². The summed E-state index contributed by atoms with van der Waals surface area (Å²) in [7, 11) is 0. The van der Waals surface area contributed by atoms with E-state index in [1.54, 1.807) is 12.3 Å². The number of fused-ring (bicyclic) bond motifs is 1. The molecule has 3 aromatic heterocycles. The molecule has 27 heavy (non-hydrogen) atoms. The highest BCUT2D eigenvalue weighted by molar-refractivity contribution is 7.98. The Morgan fingerprint density at radius 2 is 1.93 bits per heavy atom. The van der Waals surface area contributed by atoms with Crippen LogP contribution in [0, 0.1) is 6.92 Å². The highest BCUT2D eigenvalue weighted by atomic mass is 32.2. The number of thioether (sulfide) groups is 1. The van der Waals surface area contributed by atoms with E-state index in [0.29, 0.717) is 45.8 Å². The van der Waals surface area contributed by atoms with Gasteiger partial charge in [0.1, 0.15) is 5.82 Å². The van der Waals surface area contributed by atoms with Crippen LogP contribution in [0.4, 0.5) is 0 Å². The van der Waals surface area contributed by atoms with Crippen LogP contribution < -0.4 is 5.56 Å².